The van der Waals surface area contributed by atoms with E-state index in [1.54, 1.807) is 66.7 Å². The molecule has 6 unspecified atom stereocenters. The molecule has 12 heteroatoms. The molecule has 6 atom stereocenters. The number of allylic oxidation sites excluding steroid dienone is 8. The lowest BCUT2D eigenvalue weighted by Gasteiger charge is -2.35. The van der Waals surface area contributed by atoms with Gasteiger partial charge in [-0.15, -0.1) is 0 Å². The third kappa shape index (κ3) is 16.9. The third-order valence-electron chi connectivity index (χ3n) is 19.0. The largest absolute Gasteiger partial charge is 0.417 e. The molecule has 1 saturated carbocycles. The van der Waals surface area contributed by atoms with Crippen LogP contribution >= 0.6 is 0 Å². The Balaban J connectivity index is 0.000000183. The van der Waals surface area contributed by atoms with Crippen LogP contribution in [0.1, 0.15) is 260 Å². The molecule has 500 valence electrons. The molecule has 0 saturated heterocycles. The molecule has 0 heterocycles. The fourth-order valence-corrected chi connectivity index (χ4v) is 14.0. The minimum absolute atomic E-state index is 0.0264. The first-order valence-electron chi connectivity index (χ1n) is 33.0. The minimum atomic E-state index is -4.60. The fraction of sp³-hybridized carbons (Fsp3) is 0.361. The molecule has 95 heavy (non-hydrogen) atoms. The number of ketones is 3. The molecule has 3 aliphatic carbocycles. The van der Waals surface area contributed by atoms with Crippen molar-refractivity contribution >= 4 is 17.3 Å². The molecule has 10 rings (SSSR count). The van der Waals surface area contributed by atoms with Gasteiger partial charge in [0.15, 0.2) is 17.3 Å². The quantitative estimate of drug-likeness (QED) is 0.0759. The lowest BCUT2D eigenvalue weighted by Crippen LogP contribution is -2.21. The van der Waals surface area contributed by atoms with Gasteiger partial charge in [0, 0.05) is 45.2 Å². The van der Waals surface area contributed by atoms with Crippen LogP contribution in [0.4, 0.5) is 39.5 Å². The molecule has 3 nitrogen and oxygen atoms in total. The molecule has 0 spiro atoms. The molecule has 0 radical (unpaired) electrons. The number of benzene rings is 7. The van der Waals surface area contributed by atoms with Crippen molar-refractivity contribution in [2.75, 3.05) is 0 Å². The minimum Gasteiger partial charge on any atom is -0.289 e. The predicted octanol–water partition coefficient (Wildman–Crippen LogP) is 24.4. The van der Waals surface area contributed by atoms with Crippen molar-refractivity contribution < 1.29 is 53.9 Å². The highest BCUT2D eigenvalue weighted by atomic mass is 19.4. The summed E-state index contributed by atoms with van der Waals surface area (Å²) in [6, 6.07) is 41.6. The summed E-state index contributed by atoms with van der Waals surface area (Å²) in [7, 11) is 0. The van der Waals surface area contributed by atoms with E-state index in [0.29, 0.717) is 34.1 Å². The van der Waals surface area contributed by atoms with Crippen molar-refractivity contribution in [2.45, 2.75) is 176 Å². The van der Waals surface area contributed by atoms with Gasteiger partial charge in [0.1, 0.15) is 0 Å². The molecule has 1 fully saturated rings. The smallest absolute Gasteiger partial charge is 0.289 e. The van der Waals surface area contributed by atoms with Crippen LogP contribution in [-0.4, -0.2) is 17.3 Å². The normalized spacial score (nSPS) is 18.5. The first-order valence-corrected chi connectivity index (χ1v) is 33.0. The van der Waals surface area contributed by atoms with Crippen molar-refractivity contribution in [3.8, 4) is 0 Å². The van der Waals surface area contributed by atoms with Crippen molar-refractivity contribution in [1.82, 2.24) is 0 Å². The van der Waals surface area contributed by atoms with Gasteiger partial charge in [-0.3, -0.25) is 14.4 Å². The van der Waals surface area contributed by atoms with Gasteiger partial charge in [0.2, 0.25) is 0 Å². The Hall–Kier alpha value is -8.12. The van der Waals surface area contributed by atoms with E-state index in [1.165, 1.54) is 41.5 Å². The number of alkyl halides is 9. The van der Waals surface area contributed by atoms with Crippen LogP contribution < -0.4 is 0 Å². The van der Waals surface area contributed by atoms with E-state index in [9.17, 15) is 53.9 Å². The van der Waals surface area contributed by atoms with Gasteiger partial charge < -0.3 is 0 Å². The summed E-state index contributed by atoms with van der Waals surface area (Å²) in [4.78, 5) is 40.2. The van der Waals surface area contributed by atoms with E-state index >= 15 is 0 Å². The number of hydrogen-bond donors (Lipinski definition) is 0. The Bertz CT molecular complexity index is 4080. The van der Waals surface area contributed by atoms with Gasteiger partial charge in [-0.1, -0.05) is 244 Å². The van der Waals surface area contributed by atoms with E-state index < -0.39 is 52.6 Å². The molecule has 7 aromatic rings. The summed E-state index contributed by atoms with van der Waals surface area (Å²) in [5, 5.41) is 0. The summed E-state index contributed by atoms with van der Waals surface area (Å²) >= 11 is 0. The molecule has 0 aromatic heterocycles. The van der Waals surface area contributed by atoms with Crippen LogP contribution in [0.5, 0.6) is 0 Å². The zero-order chi connectivity index (χ0) is 69.8. The Morgan fingerprint density at radius 3 is 1.26 bits per heavy atom. The molecular formula is C83H87F9O3. The maximum atomic E-state index is 14.0. The maximum Gasteiger partial charge on any atom is 0.417 e. The highest BCUT2D eigenvalue weighted by Crippen LogP contribution is 2.47. The van der Waals surface area contributed by atoms with Gasteiger partial charge in [0.25, 0.3) is 0 Å². The summed E-state index contributed by atoms with van der Waals surface area (Å²) in [5.74, 6) is -0.379. The average molecular weight is 1300 g/mol. The zero-order valence-electron chi connectivity index (χ0n) is 56.8. The number of rotatable bonds is 15. The molecule has 0 bridgehead atoms. The summed E-state index contributed by atoms with van der Waals surface area (Å²) in [6.45, 7) is 28.1. The Morgan fingerprint density at radius 1 is 0.411 bits per heavy atom. The number of carbonyl (C=O) groups is 3. The van der Waals surface area contributed by atoms with E-state index in [0.717, 1.165) is 87.6 Å². The highest BCUT2D eigenvalue weighted by molar-refractivity contribution is 6.12. The van der Waals surface area contributed by atoms with Crippen molar-refractivity contribution in [3.05, 3.63) is 293 Å². The van der Waals surface area contributed by atoms with Gasteiger partial charge in [0.05, 0.1) is 16.7 Å². The van der Waals surface area contributed by atoms with E-state index in [1.807, 2.05) is 80.5 Å². The summed E-state index contributed by atoms with van der Waals surface area (Å²) in [5.41, 5.74) is 9.12. The number of halogens is 9. The number of hydrogen-bond acceptors (Lipinski definition) is 3. The molecule has 0 N–H and O–H groups in total. The van der Waals surface area contributed by atoms with Crippen molar-refractivity contribution in [2.24, 2.45) is 17.8 Å². The summed E-state index contributed by atoms with van der Waals surface area (Å²) in [6.07, 6.45) is -2.66. The fourth-order valence-electron chi connectivity index (χ4n) is 14.0. The first kappa shape index (κ1) is 72.7. The lowest BCUT2D eigenvalue weighted by atomic mass is 9.69. The SMILES string of the molecule is CC1=CC(C)C(C(C)c2ccc(C(F)(F)F)c(C(=O)c3ccccc3C(C)C)c2)=C1.CC1=CC(c2ccc(C(F)(F)F)c(C(=O)c3ccccc3C(C)C)c2)C(C(C)C)=C1.Cc1cccc(C2CC(c3ccc(C(F)(F)F)c(C(=O)c4ccccc4C(C)C)c3)CCC2C)c1. The third-order valence-corrected chi connectivity index (χ3v) is 19.0. The summed E-state index contributed by atoms with van der Waals surface area (Å²) < 4.78 is 125. The van der Waals surface area contributed by atoms with Crippen LogP contribution in [0.15, 0.2) is 198 Å². The van der Waals surface area contributed by atoms with Crippen LogP contribution in [0.25, 0.3) is 0 Å². The molecule has 0 amide bonds. The van der Waals surface area contributed by atoms with E-state index in [2.05, 4.69) is 77.1 Å². The van der Waals surface area contributed by atoms with Crippen LogP contribution in [-0.2, 0) is 18.5 Å². The Morgan fingerprint density at radius 2 is 0.832 bits per heavy atom. The van der Waals surface area contributed by atoms with Gasteiger partial charge in [-0.05, 0) is 163 Å². The van der Waals surface area contributed by atoms with Crippen molar-refractivity contribution in [3.63, 3.8) is 0 Å². The topological polar surface area (TPSA) is 51.2 Å². The molecular weight excluding hydrogens is 1220 g/mol. The van der Waals surface area contributed by atoms with E-state index in [4.69, 9.17) is 0 Å². The Labute approximate surface area is 555 Å². The van der Waals surface area contributed by atoms with Crippen LogP contribution in [0.3, 0.4) is 0 Å². The van der Waals surface area contributed by atoms with Crippen LogP contribution in [0, 0.1) is 24.7 Å². The van der Waals surface area contributed by atoms with E-state index in [-0.39, 0.29) is 64.0 Å². The van der Waals surface area contributed by atoms with Gasteiger partial charge in [-0.25, -0.2) is 0 Å². The zero-order valence-corrected chi connectivity index (χ0v) is 56.8. The van der Waals surface area contributed by atoms with Gasteiger partial charge in [-0.2, -0.15) is 39.5 Å². The lowest BCUT2D eigenvalue weighted by molar-refractivity contribution is -0.138. The Kier molecular flexibility index (Phi) is 22.9. The number of aryl methyl sites for hydroxylation is 1. The molecule has 0 aliphatic heterocycles. The van der Waals surface area contributed by atoms with Gasteiger partial charge >= 0.3 is 18.5 Å². The monoisotopic (exact) mass is 1300 g/mol. The second-order valence-corrected chi connectivity index (χ2v) is 27.4. The second-order valence-electron chi connectivity index (χ2n) is 27.4. The number of carbonyl (C=O) groups excluding carboxylic acids is 3. The molecule has 7 aromatic carbocycles. The maximum absolute atomic E-state index is 14.0. The standard InChI is InChI=1S/C31H33F3O.2C26H27F3O/c1-19(2)25-10-5-6-11-26(25)30(35)28-18-23(14-15-29(28)31(32,33)34)22-13-12-21(4)27(17-22)24-9-7-8-20(3)16-24;1-15(2)20-8-6-7-9-21(20)25(30)23-14-19(10-11-24(23)26(27,28)29)18(5)22-13-16(3)12-17(22)4;1-15(2)19-8-6-7-9-20(19)25(30)23-14-18(10-11-24(23)26(27,28)29)22-13-17(5)12-21(22)16(3)4/h5-11,14-16,18-19,21-22,27H,12-13,17H2,1-4H3;6-15,17-18H,1-5H3;6-16,22H,1-5H3. The predicted molar refractivity (Wildman–Crippen MR) is 365 cm³/mol. The van der Waals surface area contributed by atoms with Crippen molar-refractivity contribution in [1.29, 1.82) is 0 Å². The highest BCUT2D eigenvalue weighted by Gasteiger charge is 2.40. The average Bonchev–Trinajstić information content (AvgIpc) is 1.49. The second kappa shape index (κ2) is 29.9. The van der Waals surface area contributed by atoms with Crippen LogP contribution in [0.2, 0.25) is 0 Å². The first-order chi connectivity index (χ1) is 44.6. The molecule has 3 aliphatic rings.